The number of hydrogen-bond acceptors (Lipinski definition) is 2. The molecule has 126 valence electrons. The normalized spacial score (nSPS) is 24.0. The fourth-order valence-corrected chi connectivity index (χ4v) is 3.43. The number of ether oxygens (including phenoxy) is 1. The second-order valence-corrected chi connectivity index (χ2v) is 7.53. The van der Waals surface area contributed by atoms with Crippen molar-refractivity contribution in [3.63, 3.8) is 0 Å². The second-order valence-electron chi connectivity index (χ2n) is 6.62. The van der Waals surface area contributed by atoms with Crippen LogP contribution in [0.5, 0.6) is 0 Å². The summed E-state index contributed by atoms with van der Waals surface area (Å²) in [6.45, 7) is 8.89. The van der Waals surface area contributed by atoms with Crippen LogP contribution in [0.4, 0.5) is 4.79 Å². The van der Waals surface area contributed by atoms with E-state index >= 15 is 0 Å². The molecule has 1 N–H and O–H groups in total. The van der Waals surface area contributed by atoms with Gasteiger partial charge in [-0.2, -0.15) is 0 Å². The summed E-state index contributed by atoms with van der Waals surface area (Å²) in [5, 5.41) is 2.86. The highest BCUT2D eigenvalue weighted by atomic mass is 79.9. The molecule has 1 amide bonds. The van der Waals surface area contributed by atoms with Crippen molar-refractivity contribution in [2.24, 2.45) is 11.8 Å². The maximum absolute atomic E-state index is 12.1. The number of halogens is 1. The first-order valence-corrected chi connectivity index (χ1v) is 9.09. The van der Waals surface area contributed by atoms with Crippen LogP contribution in [0.1, 0.15) is 38.7 Å². The van der Waals surface area contributed by atoms with Crippen LogP contribution in [0.2, 0.25) is 0 Å². The predicted octanol–water partition coefficient (Wildman–Crippen LogP) is 5.10. The molecule has 0 bridgehead atoms. The minimum Gasteiger partial charge on any atom is -0.446 e. The van der Waals surface area contributed by atoms with E-state index in [2.05, 4.69) is 46.9 Å². The van der Waals surface area contributed by atoms with Crippen molar-refractivity contribution in [1.82, 2.24) is 5.32 Å². The molecular formula is C19H26BrNO2. The lowest BCUT2D eigenvalue weighted by atomic mass is 9.78. The zero-order valence-electron chi connectivity index (χ0n) is 14.0. The number of carbonyl (C=O) groups is 1. The molecule has 0 radical (unpaired) electrons. The summed E-state index contributed by atoms with van der Waals surface area (Å²) in [6, 6.07) is 8.12. The van der Waals surface area contributed by atoms with Gasteiger partial charge in [-0.25, -0.2) is 4.79 Å². The zero-order valence-corrected chi connectivity index (χ0v) is 15.6. The number of carbonyl (C=O) groups excluding carboxylic acids is 1. The van der Waals surface area contributed by atoms with Gasteiger partial charge in [0.05, 0.1) is 0 Å². The molecule has 2 rings (SSSR count). The predicted molar refractivity (Wildman–Crippen MR) is 97.4 cm³/mol. The van der Waals surface area contributed by atoms with Crippen LogP contribution in [0.3, 0.4) is 0 Å². The Bertz CT molecular complexity index is 541. The molecule has 0 unspecified atom stereocenters. The largest absolute Gasteiger partial charge is 0.446 e. The average molecular weight is 380 g/mol. The van der Waals surface area contributed by atoms with E-state index in [1.807, 2.05) is 19.1 Å². The van der Waals surface area contributed by atoms with E-state index in [0.717, 1.165) is 29.3 Å². The summed E-state index contributed by atoms with van der Waals surface area (Å²) in [4.78, 5) is 12.1. The number of alkyl carbamates (subject to hydrolysis) is 1. The molecule has 1 fully saturated rings. The molecule has 0 heterocycles. The Morgan fingerprint density at radius 2 is 2.04 bits per heavy atom. The number of rotatable bonds is 5. The number of amides is 1. The number of nitrogens with one attached hydrogen (secondary N) is 1. The average Bonchev–Trinajstić information content (AvgIpc) is 2.49. The van der Waals surface area contributed by atoms with Gasteiger partial charge in [-0.3, -0.25) is 0 Å². The van der Waals surface area contributed by atoms with E-state index in [1.54, 1.807) is 0 Å². The van der Waals surface area contributed by atoms with Gasteiger partial charge < -0.3 is 10.1 Å². The maximum Gasteiger partial charge on any atom is 0.407 e. The molecular weight excluding hydrogens is 354 g/mol. The van der Waals surface area contributed by atoms with Crippen molar-refractivity contribution in [3.05, 3.63) is 46.5 Å². The van der Waals surface area contributed by atoms with Gasteiger partial charge in [-0.05, 0) is 56.2 Å². The SMILES string of the molecule is C=C(C)[C@@H]1CC[C@@H](C)C[C@H]1OC(=O)NCCc1ccc(Br)cc1. The summed E-state index contributed by atoms with van der Waals surface area (Å²) >= 11 is 3.42. The zero-order chi connectivity index (χ0) is 16.8. The van der Waals surface area contributed by atoms with Crippen molar-refractivity contribution in [2.45, 2.75) is 45.6 Å². The molecule has 0 spiro atoms. The molecule has 23 heavy (non-hydrogen) atoms. The van der Waals surface area contributed by atoms with Crippen molar-refractivity contribution in [2.75, 3.05) is 6.54 Å². The van der Waals surface area contributed by atoms with Crippen LogP contribution >= 0.6 is 15.9 Å². The summed E-state index contributed by atoms with van der Waals surface area (Å²) in [5.41, 5.74) is 2.31. The van der Waals surface area contributed by atoms with Crippen molar-refractivity contribution < 1.29 is 9.53 Å². The molecule has 3 atom stereocenters. The van der Waals surface area contributed by atoms with Gasteiger partial charge in [0.25, 0.3) is 0 Å². The molecule has 0 aromatic heterocycles. The number of benzene rings is 1. The maximum atomic E-state index is 12.1. The summed E-state index contributed by atoms with van der Waals surface area (Å²) in [6.07, 6.45) is 3.62. The minimum absolute atomic E-state index is 0.0380. The molecule has 3 nitrogen and oxygen atoms in total. The Morgan fingerprint density at radius 1 is 1.35 bits per heavy atom. The fraction of sp³-hybridized carbons (Fsp3) is 0.526. The minimum atomic E-state index is -0.313. The topological polar surface area (TPSA) is 38.3 Å². The Morgan fingerprint density at radius 3 is 2.70 bits per heavy atom. The van der Waals surface area contributed by atoms with E-state index in [9.17, 15) is 4.79 Å². The van der Waals surface area contributed by atoms with Crippen LogP contribution in [-0.4, -0.2) is 18.7 Å². The van der Waals surface area contributed by atoms with E-state index in [1.165, 1.54) is 12.0 Å². The molecule has 4 heteroatoms. The van der Waals surface area contributed by atoms with Gasteiger partial charge in [0.1, 0.15) is 6.10 Å². The third kappa shape index (κ3) is 5.69. The summed E-state index contributed by atoms with van der Waals surface area (Å²) in [7, 11) is 0. The van der Waals surface area contributed by atoms with E-state index < -0.39 is 0 Å². The van der Waals surface area contributed by atoms with Gasteiger partial charge in [0.15, 0.2) is 0 Å². The summed E-state index contributed by atoms with van der Waals surface area (Å²) in [5.74, 6) is 0.898. The van der Waals surface area contributed by atoms with Gasteiger partial charge in [-0.1, -0.05) is 47.1 Å². The van der Waals surface area contributed by atoms with E-state index in [4.69, 9.17) is 4.74 Å². The lowest BCUT2D eigenvalue weighted by Crippen LogP contribution is -2.37. The van der Waals surface area contributed by atoms with Crippen LogP contribution in [0.15, 0.2) is 40.9 Å². The molecule has 0 aliphatic heterocycles. The van der Waals surface area contributed by atoms with Gasteiger partial charge >= 0.3 is 6.09 Å². The fourth-order valence-electron chi connectivity index (χ4n) is 3.16. The molecule has 1 aliphatic carbocycles. The standard InChI is InChI=1S/C19H26BrNO2/c1-13(2)17-9-4-14(3)12-18(17)23-19(22)21-11-10-15-5-7-16(20)8-6-15/h5-8,14,17-18H,1,4,9-12H2,2-3H3,(H,21,22)/t14-,17+,18-/m1/s1. The lowest BCUT2D eigenvalue weighted by molar-refractivity contribution is 0.0350. The van der Waals surface area contributed by atoms with Crippen LogP contribution < -0.4 is 5.32 Å². The van der Waals surface area contributed by atoms with E-state index in [-0.39, 0.29) is 12.2 Å². The first kappa shape index (κ1) is 18.1. The second kappa shape index (κ2) is 8.53. The third-order valence-corrected chi connectivity index (χ3v) is 5.07. The first-order valence-electron chi connectivity index (χ1n) is 8.30. The van der Waals surface area contributed by atoms with Crippen molar-refractivity contribution in [3.8, 4) is 0 Å². The first-order chi connectivity index (χ1) is 11.0. The monoisotopic (exact) mass is 379 g/mol. The highest BCUT2D eigenvalue weighted by Gasteiger charge is 2.31. The highest BCUT2D eigenvalue weighted by Crippen LogP contribution is 2.34. The van der Waals surface area contributed by atoms with Crippen molar-refractivity contribution in [1.29, 1.82) is 0 Å². The lowest BCUT2D eigenvalue weighted by Gasteiger charge is -2.34. The quantitative estimate of drug-likeness (QED) is 0.722. The van der Waals surface area contributed by atoms with Crippen LogP contribution in [-0.2, 0) is 11.2 Å². The molecule has 1 aromatic rings. The molecule has 0 saturated heterocycles. The van der Waals surface area contributed by atoms with Crippen LogP contribution in [0, 0.1) is 11.8 Å². The highest BCUT2D eigenvalue weighted by molar-refractivity contribution is 9.10. The van der Waals surface area contributed by atoms with Crippen molar-refractivity contribution >= 4 is 22.0 Å². The van der Waals surface area contributed by atoms with E-state index in [0.29, 0.717) is 18.4 Å². The van der Waals surface area contributed by atoms with Gasteiger partial charge in [0.2, 0.25) is 0 Å². The van der Waals surface area contributed by atoms with Gasteiger partial charge in [-0.15, -0.1) is 0 Å². The Hall–Kier alpha value is -1.29. The molecule has 1 aromatic carbocycles. The Kier molecular flexibility index (Phi) is 6.70. The van der Waals surface area contributed by atoms with Crippen LogP contribution in [0.25, 0.3) is 0 Å². The molecule has 1 saturated carbocycles. The third-order valence-electron chi connectivity index (χ3n) is 4.54. The molecule has 1 aliphatic rings. The Balaban J connectivity index is 1.78. The smallest absolute Gasteiger partial charge is 0.407 e. The number of hydrogen-bond donors (Lipinski definition) is 1. The van der Waals surface area contributed by atoms with Gasteiger partial charge in [0, 0.05) is 16.9 Å². The Labute approximate surface area is 147 Å². The summed E-state index contributed by atoms with van der Waals surface area (Å²) < 4.78 is 6.74.